The van der Waals surface area contributed by atoms with Gasteiger partial charge in [-0.3, -0.25) is 15.0 Å². The predicted octanol–water partition coefficient (Wildman–Crippen LogP) is 0.0759. The van der Waals surface area contributed by atoms with Crippen LogP contribution in [0.3, 0.4) is 0 Å². The third-order valence-corrected chi connectivity index (χ3v) is 3.14. The third kappa shape index (κ3) is 1.69. The summed E-state index contributed by atoms with van der Waals surface area (Å²) < 4.78 is 0. The summed E-state index contributed by atoms with van der Waals surface area (Å²) in [6.07, 6.45) is 3.28. The zero-order chi connectivity index (χ0) is 11.9. The average Bonchev–Trinajstić information content (AvgIpc) is 2.43. The number of nitrogens with two attached hydrogens (primary N) is 1. The lowest BCUT2D eigenvalue weighted by Crippen LogP contribution is -2.48. The van der Waals surface area contributed by atoms with E-state index in [-0.39, 0.29) is 28.8 Å². The van der Waals surface area contributed by atoms with Crippen molar-refractivity contribution in [1.82, 2.24) is 10.4 Å². The van der Waals surface area contributed by atoms with Crippen LogP contribution in [0.4, 0.5) is 0 Å². The van der Waals surface area contributed by atoms with Gasteiger partial charge in [-0.2, -0.15) is 5.01 Å². The van der Waals surface area contributed by atoms with Crippen molar-refractivity contribution in [3.05, 3.63) is 11.6 Å². The normalized spacial score (nSPS) is 28.8. The van der Waals surface area contributed by atoms with Crippen LogP contribution < -0.4 is 11.2 Å². The smallest absolute Gasteiger partial charge is 0.252 e. The fourth-order valence-corrected chi connectivity index (χ4v) is 2.35. The number of fused-ring (bicyclic) bond motifs is 1. The van der Waals surface area contributed by atoms with Crippen molar-refractivity contribution in [1.29, 1.82) is 0 Å². The van der Waals surface area contributed by atoms with E-state index >= 15 is 0 Å². The first kappa shape index (κ1) is 11.1. The van der Waals surface area contributed by atoms with Crippen molar-refractivity contribution >= 4 is 29.1 Å². The number of carbonyl (C=O) groups excluding carboxylic acids is 2. The van der Waals surface area contributed by atoms with Crippen LogP contribution in [-0.4, -0.2) is 21.9 Å². The van der Waals surface area contributed by atoms with Crippen LogP contribution in [0.1, 0.15) is 19.8 Å². The molecule has 6 heteroatoms. The van der Waals surface area contributed by atoms with Gasteiger partial charge in [-0.05, 0) is 32.0 Å². The van der Waals surface area contributed by atoms with Crippen molar-refractivity contribution in [2.45, 2.75) is 19.8 Å². The van der Waals surface area contributed by atoms with Gasteiger partial charge >= 0.3 is 0 Å². The zero-order valence-corrected chi connectivity index (χ0v) is 9.71. The molecular weight excluding hydrogens is 226 g/mol. The number of allylic oxidation sites excluding steroid dienone is 2. The molecule has 0 bridgehead atoms. The van der Waals surface area contributed by atoms with Gasteiger partial charge in [0.1, 0.15) is 0 Å². The van der Waals surface area contributed by atoms with Crippen molar-refractivity contribution < 1.29 is 9.59 Å². The Morgan fingerprint density at radius 2 is 2.12 bits per heavy atom. The number of nitrogens with one attached hydrogen (secondary N) is 1. The van der Waals surface area contributed by atoms with Crippen molar-refractivity contribution in [2.24, 2.45) is 17.6 Å². The molecule has 16 heavy (non-hydrogen) atoms. The van der Waals surface area contributed by atoms with Crippen LogP contribution in [-0.2, 0) is 9.59 Å². The van der Waals surface area contributed by atoms with E-state index in [0.29, 0.717) is 12.8 Å². The summed E-state index contributed by atoms with van der Waals surface area (Å²) in [5.74, 6) is -0.959. The fourth-order valence-electron chi connectivity index (χ4n) is 2.26. The summed E-state index contributed by atoms with van der Waals surface area (Å²) in [5.41, 5.74) is 8.86. The van der Waals surface area contributed by atoms with Gasteiger partial charge in [-0.1, -0.05) is 11.6 Å². The number of imide groups is 1. The summed E-state index contributed by atoms with van der Waals surface area (Å²) in [5, 5.41) is 0.898. The molecule has 2 atom stereocenters. The number of hydrazine groups is 1. The largest absolute Gasteiger partial charge is 0.375 e. The molecule has 2 rings (SSSR count). The molecule has 1 fully saturated rings. The second-order valence-electron chi connectivity index (χ2n) is 4.19. The van der Waals surface area contributed by atoms with Crippen LogP contribution >= 0.6 is 12.2 Å². The molecule has 0 aromatic carbocycles. The second kappa shape index (κ2) is 3.86. The molecule has 1 heterocycles. The molecule has 1 saturated heterocycles. The topological polar surface area (TPSA) is 75.4 Å². The van der Waals surface area contributed by atoms with Crippen LogP contribution in [0.2, 0.25) is 0 Å². The molecule has 2 amide bonds. The minimum atomic E-state index is -0.252. The van der Waals surface area contributed by atoms with Gasteiger partial charge < -0.3 is 5.73 Å². The fraction of sp³-hybridized carbons (Fsp3) is 0.500. The van der Waals surface area contributed by atoms with Gasteiger partial charge in [-0.15, -0.1) is 0 Å². The maximum absolute atomic E-state index is 11.9. The molecule has 0 aromatic heterocycles. The van der Waals surface area contributed by atoms with Gasteiger partial charge in [0.2, 0.25) is 0 Å². The lowest BCUT2D eigenvalue weighted by molar-refractivity contribution is -0.142. The molecule has 1 aliphatic heterocycles. The Morgan fingerprint density at radius 1 is 1.50 bits per heavy atom. The Bertz CT molecular complexity index is 405. The van der Waals surface area contributed by atoms with Crippen LogP contribution in [0.5, 0.6) is 0 Å². The van der Waals surface area contributed by atoms with E-state index < -0.39 is 0 Å². The molecule has 3 N–H and O–H groups in total. The van der Waals surface area contributed by atoms with E-state index in [1.165, 1.54) is 0 Å². The molecule has 0 radical (unpaired) electrons. The molecule has 0 saturated carbocycles. The number of rotatable bonds is 1. The van der Waals surface area contributed by atoms with Gasteiger partial charge in [0.05, 0.1) is 11.8 Å². The molecule has 0 aromatic rings. The highest BCUT2D eigenvalue weighted by Gasteiger charge is 2.48. The predicted molar refractivity (Wildman–Crippen MR) is 61.7 cm³/mol. The van der Waals surface area contributed by atoms with Crippen molar-refractivity contribution in [3.63, 3.8) is 0 Å². The molecule has 0 unspecified atom stereocenters. The number of amides is 2. The molecule has 2 aliphatic rings. The summed E-state index contributed by atoms with van der Waals surface area (Å²) in [4.78, 5) is 23.8. The Labute approximate surface area is 98.6 Å². The first-order valence-corrected chi connectivity index (χ1v) is 5.51. The number of nitrogens with zero attached hydrogens (tertiary/aromatic N) is 1. The molecular formula is C10H13N3O2S. The van der Waals surface area contributed by atoms with Gasteiger partial charge in [0.25, 0.3) is 11.8 Å². The molecule has 86 valence electrons. The highest BCUT2D eigenvalue weighted by atomic mass is 32.1. The highest BCUT2D eigenvalue weighted by Crippen LogP contribution is 2.36. The Morgan fingerprint density at radius 3 is 2.75 bits per heavy atom. The monoisotopic (exact) mass is 239 g/mol. The number of thiocarbonyl (C=S) groups is 1. The van der Waals surface area contributed by atoms with Crippen molar-refractivity contribution in [2.75, 3.05) is 0 Å². The maximum Gasteiger partial charge on any atom is 0.252 e. The van der Waals surface area contributed by atoms with Crippen LogP contribution in [0, 0.1) is 11.8 Å². The van der Waals surface area contributed by atoms with E-state index in [0.717, 1.165) is 10.6 Å². The van der Waals surface area contributed by atoms with Gasteiger partial charge in [-0.25, -0.2) is 0 Å². The molecule has 0 spiro atoms. The summed E-state index contributed by atoms with van der Waals surface area (Å²) in [7, 11) is 0. The van der Waals surface area contributed by atoms with E-state index in [9.17, 15) is 9.59 Å². The first-order valence-electron chi connectivity index (χ1n) is 5.10. The highest BCUT2D eigenvalue weighted by molar-refractivity contribution is 7.80. The Balaban J connectivity index is 2.21. The summed E-state index contributed by atoms with van der Waals surface area (Å²) in [6, 6.07) is 0. The van der Waals surface area contributed by atoms with E-state index in [2.05, 4.69) is 17.6 Å². The molecule has 5 nitrogen and oxygen atoms in total. The SMILES string of the molecule is CC1=CC[C@H]2C(=O)N(NC(N)=S)C(=O)[C@@H]2C1. The van der Waals surface area contributed by atoms with E-state index in [1.807, 2.05) is 13.0 Å². The minimum Gasteiger partial charge on any atom is -0.375 e. The van der Waals surface area contributed by atoms with Crippen molar-refractivity contribution in [3.8, 4) is 0 Å². The standard InChI is InChI=1S/C10H13N3O2S/c1-5-2-3-6-7(4-5)9(15)13(8(6)14)12-10(11)16/h2,6-7H,3-4H2,1H3,(H3,11,12,16)/t6-,7-/m1/s1. The zero-order valence-electron chi connectivity index (χ0n) is 8.90. The minimum absolute atomic E-state index is 0.0648. The lowest BCUT2D eigenvalue weighted by Gasteiger charge is -2.18. The van der Waals surface area contributed by atoms with Crippen LogP contribution in [0.15, 0.2) is 11.6 Å². The number of hydrogen-bond donors (Lipinski definition) is 2. The second-order valence-corrected chi connectivity index (χ2v) is 4.63. The maximum atomic E-state index is 11.9. The average molecular weight is 239 g/mol. The summed E-state index contributed by atoms with van der Waals surface area (Å²) >= 11 is 4.63. The van der Waals surface area contributed by atoms with E-state index in [1.54, 1.807) is 0 Å². The quantitative estimate of drug-likeness (QED) is 0.385. The van der Waals surface area contributed by atoms with Crippen LogP contribution in [0.25, 0.3) is 0 Å². The van der Waals surface area contributed by atoms with E-state index in [4.69, 9.17) is 5.73 Å². The Kier molecular flexibility index (Phi) is 2.67. The number of hydrogen-bond acceptors (Lipinski definition) is 3. The number of carbonyl (C=O) groups is 2. The first-order chi connectivity index (χ1) is 7.50. The third-order valence-electron chi connectivity index (χ3n) is 3.05. The lowest BCUT2D eigenvalue weighted by atomic mass is 9.82. The van der Waals surface area contributed by atoms with Gasteiger partial charge in [0.15, 0.2) is 5.11 Å². The molecule has 1 aliphatic carbocycles. The Hall–Kier alpha value is -1.43. The summed E-state index contributed by atoms with van der Waals surface area (Å²) in [6.45, 7) is 1.97. The van der Waals surface area contributed by atoms with Gasteiger partial charge in [0, 0.05) is 0 Å².